The summed E-state index contributed by atoms with van der Waals surface area (Å²) in [6, 6.07) is 5.29. The van der Waals surface area contributed by atoms with Crippen LogP contribution >= 0.6 is 0 Å². The van der Waals surface area contributed by atoms with E-state index in [0.717, 1.165) is 0 Å². The van der Waals surface area contributed by atoms with Crippen LogP contribution in [0.4, 0.5) is 11.4 Å². The van der Waals surface area contributed by atoms with Crippen molar-refractivity contribution in [2.75, 3.05) is 12.4 Å². The number of nitrogens with zero attached hydrogens (tertiary/aromatic N) is 2. The maximum absolute atomic E-state index is 11.8. The fraction of sp³-hybridized carbons (Fsp3) is 0.385. The lowest BCUT2D eigenvalue weighted by molar-refractivity contribution is -0.384. The minimum absolute atomic E-state index is 0.00307. The Morgan fingerprint density at radius 2 is 2.10 bits per heavy atom. The minimum Gasteiger partial charge on any atom is -0.372 e. The van der Waals surface area contributed by atoms with Crippen LogP contribution in [0.3, 0.4) is 0 Å². The van der Waals surface area contributed by atoms with Gasteiger partial charge in [0.15, 0.2) is 0 Å². The molecular weight excluding hydrogens is 260 g/mol. The van der Waals surface area contributed by atoms with Crippen molar-refractivity contribution in [1.29, 1.82) is 5.26 Å². The van der Waals surface area contributed by atoms with Crippen molar-refractivity contribution in [1.82, 2.24) is 5.32 Å². The number of amides is 1. The Balaban J connectivity index is 3.11. The van der Waals surface area contributed by atoms with Gasteiger partial charge < -0.3 is 10.6 Å². The highest BCUT2D eigenvalue weighted by Crippen LogP contribution is 2.23. The molecule has 0 aliphatic rings. The Morgan fingerprint density at radius 3 is 2.55 bits per heavy atom. The van der Waals surface area contributed by atoms with Crippen LogP contribution in [0.15, 0.2) is 18.2 Å². The molecule has 1 unspecified atom stereocenters. The number of benzene rings is 1. The second-order valence-electron chi connectivity index (χ2n) is 4.58. The summed E-state index contributed by atoms with van der Waals surface area (Å²) in [5.41, 5.74) is 0.377. The first kappa shape index (κ1) is 15.4. The zero-order valence-corrected chi connectivity index (χ0v) is 11.5. The molecule has 7 heteroatoms. The van der Waals surface area contributed by atoms with E-state index in [1.54, 1.807) is 0 Å². The third-order valence-electron chi connectivity index (χ3n) is 2.84. The predicted octanol–water partition coefficient (Wildman–Crippen LogP) is 1.65. The normalized spacial score (nSPS) is 11.6. The molecule has 1 rings (SSSR count). The van der Waals surface area contributed by atoms with Crippen molar-refractivity contribution in [3.8, 4) is 6.07 Å². The first-order chi connectivity index (χ1) is 9.40. The molecule has 0 fully saturated rings. The Bertz CT molecular complexity index is 563. The Hall–Kier alpha value is -2.62. The van der Waals surface area contributed by atoms with E-state index < -0.39 is 11.0 Å². The van der Waals surface area contributed by atoms with E-state index >= 15 is 0 Å². The molecule has 0 bridgehead atoms. The Morgan fingerprint density at radius 1 is 1.45 bits per heavy atom. The third kappa shape index (κ3) is 3.45. The van der Waals surface area contributed by atoms with Gasteiger partial charge in [-0.1, -0.05) is 13.8 Å². The fourth-order valence-electron chi connectivity index (χ4n) is 1.72. The molecule has 1 atom stereocenters. The summed E-state index contributed by atoms with van der Waals surface area (Å²) in [5, 5.41) is 25.2. The second-order valence-corrected chi connectivity index (χ2v) is 4.58. The smallest absolute Gasteiger partial charge is 0.270 e. The lowest BCUT2D eigenvalue weighted by atomic mass is 10.0. The van der Waals surface area contributed by atoms with Gasteiger partial charge in [-0.15, -0.1) is 0 Å². The summed E-state index contributed by atoms with van der Waals surface area (Å²) in [4.78, 5) is 21.9. The lowest BCUT2D eigenvalue weighted by Gasteiger charge is -2.22. The summed E-state index contributed by atoms with van der Waals surface area (Å²) < 4.78 is 0. The average Bonchev–Trinajstić information content (AvgIpc) is 2.43. The quantitative estimate of drug-likeness (QED) is 0.628. The van der Waals surface area contributed by atoms with Crippen LogP contribution in [0.25, 0.3) is 0 Å². The highest BCUT2D eigenvalue weighted by Gasteiger charge is 2.22. The number of nitro groups is 1. The van der Waals surface area contributed by atoms with Gasteiger partial charge >= 0.3 is 0 Å². The maximum Gasteiger partial charge on any atom is 0.270 e. The molecule has 0 spiro atoms. The summed E-state index contributed by atoms with van der Waals surface area (Å²) in [6.45, 7) is 3.73. The Labute approximate surface area is 116 Å². The number of likely N-dealkylation sites (N-methyl/N-ethyl adjacent to an activating group) is 1. The van der Waals surface area contributed by atoms with Crippen molar-refractivity contribution in [3.05, 3.63) is 33.9 Å². The van der Waals surface area contributed by atoms with E-state index in [-0.39, 0.29) is 23.1 Å². The topological polar surface area (TPSA) is 108 Å². The first-order valence-electron chi connectivity index (χ1n) is 6.07. The van der Waals surface area contributed by atoms with E-state index in [1.165, 1.54) is 25.2 Å². The molecule has 0 saturated carbocycles. The zero-order valence-electron chi connectivity index (χ0n) is 11.5. The number of nitriles is 1. The van der Waals surface area contributed by atoms with Crippen LogP contribution in [-0.4, -0.2) is 23.9 Å². The van der Waals surface area contributed by atoms with E-state index in [9.17, 15) is 14.9 Å². The van der Waals surface area contributed by atoms with Gasteiger partial charge in [0.05, 0.1) is 16.2 Å². The molecule has 0 aromatic heterocycles. The maximum atomic E-state index is 11.8. The van der Waals surface area contributed by atoms with Crippen LogP contribution in [0.5, 0.6) is 0 Å². The molecule has 0 saturated heterocycles. The van der Waals surface area contributed by atoms with E-state index in [0.29, 0.717) is 5.69 Å². The largest absolute Gasteiger partial charge is 0.372 e. The minimum atomic E-state index is -0.566. The van der Waals surface area contributed by atoms with Crippen LogP contribution < -0.4 is 10.6 Å². The number of nitro benzene ring substituents is 1. The van der Waals surface area contributed by atoms with Gasteiger partial charge in [-0.3, -0.25) is 14.9 Å². The van der Waals surface area contributed by atoms with Gasteiger partial charge in [0, 0.05) is 19.2 Å². The number of hydrogen-bond donors (Lipinski definition) is 2. The van der Waals surface area contributed by atoms with Gasteiger partial charge in [0.25, 0.3) is 5.69 Å². The molecular formula is C13H16N4O3. The molecule has 0 radical (unpaired) electrons. The second kappa shape index (κ2) is 6.52. The molecule has 2 N–H and O–H groups in total. The summed E-state index contributed by atoms with van der Waals surface area (Å²) in [6.07, 6.45) is 0. The van der Waals surface area contributed by atoms with Crippen molar-refractivity contribution < 1.29 is 9.72 Å². The SMILES string of the molecule is CNC(=O)C(Nc1ccc([N+](=O)[O-])cc1C#N)C(C)C. The Kier molecular flexibility index (Phi) is 5.03. The van der Waals surface area contributed by atoms with Crippen LogP contribution in [0.2, 0.25) is 0 Å². The van der Waals surface area contributed by atoms with Crippen LogP contribution in [-0.2, 0) is 4.79 Å². The van der Waals surface area contributed by atoms with Crippen LogP contribution in [0, 0.1) is 27.4 Å². The van der Waals surface area contributed by atoms with Gasteiger partial charge in [-0.2, -0.15) is 5.26 Å². The monoisotopic (exact) mass is 276 g/mol. The molecule has 7 nitrogen and oxygen atoms in total. The predicted molar refractivity (Wildman–Crippen MR) is 74.1 cm³/mol. The third-order valence-corrected chi connectivity index (χ3v) is 2.84. The molecule has 1 aromatic rings. The van der Waals surface area contributed by atoms with Gasteiger partial charge in [-0.05, 0) is 12.0 Å². The number of non-ortho nitro benzene ring substituents is 1. The number of nitrogens with one attached hydrogen (secondary N) is 2. The van der Waals surface area contributed by atoms with Crippen molar-refractivity contribution in [3.63, 3.8) is 0 Å². The molecule has 0 aliphatic carbocycles. The molecule has 0 heterocycles. The fourth-order valence-corrected chi connectivity index (χ4v) is 1.72. The number of carbonyl (C=O) groups excluding carboxylic acids is 1. The van der Waals surface area contributed by atoms with Gasteiger partial charge in [0.2, 0.25) is 5.91 Å². The standard InChI is InChI=1S/C13H16N4O3/c1-8(2)12(13(18)15-3)16-11-5-4-10(17(19)20)6-9(11)7-14/h4-6,8,12,16H,1-3H3,(H,15,18). The average molecular weight is 276 g/mol. The summed E-state index contributed by atoms with van der Waals surface area (Å²) >= 11 is 0. The number of hydrogen-bond acceptors (Lipinski definition) is 5. The molecule has 20 heavy (non-hydrogen) atoms. The van der Waals surface area contributed by atoms with Crippen molar-refractivity contribution >= 4 is 17.3 Å². The number of anilines is 1. The first-order valence-corrected chi connectivity index (χ1v) is 6.07. The number of rotatable bonds is 5. The van der Waals surface area contributed by atoms with E-state index in [4.69, 9.17) is 5.26 Å². The van der Waals surface area contributed by atoms with Gasteiger partial charge in [0.1, 0.15) is 12.1 Å². The van der Waals surface area contributed by atoms with Gasteiger partial charge in [-0.25, -0.2) is 0 Å². The summed E-state index contributed by atoms with van der Waals surface area (Å²) in [7, 11) is 1.53. The highest BCUT2D eigenvalue weighted by atomic mass is 16.6. The summed E-state index contributed by atoms with van der Waals surface area (Å²) in [5.74, 6) is -0.209. The zero-order chi connectivity index (χ0) is 15.3. The van der Waals surface area contributed by atoms with Crippen molar-refractivity contribution in [2.45, 2.75) is 19.9 Å². The molecule has 106 valence electrons. The molecule has 1 amide bonds. The van der Waals surface area contributed by atoms with E-state index in [2.05, 4.69) is 10.6 Å². The number of carbonyl (C=O) groups is 1. The highest BCUT2D eigenvalue weighted by molar-refractivity contribution is 5.85. The van der Waals surface area contributed by atoms with Crippen LogP contribution in [0.1, 0.15) is 19.4 Å². The van der Waals surface area contributed by atoms with E-state index in [1.807, 2.05) is 19.9 Å². The van der Waals surface area contributed by atoms with Crippen molar-refractivity contribution in [2.24, 2.45) is 5.92 Å². The molecule has 0 aliphatic heterocycles. The molecule has 1 aromatic carbocycles. The lowest BCUT2D eigenvalue weighted by Crippen LogP contribution is -2.41.